The second kappa shape index (κ2) is 8.03. The number of nitrogens with zero attached hydrogens (tertiary/aromatic N) is 2. The van der Waals surface area contributed by atoms with Gasteiger partial charge < -0.3 is 19.2 Å². The Morgan fingerprint density at radius 3 is 2.41 bits per heavy atom. The van der Waals surface area contributed by atoms with E-state index >= 15 is 0 Å². The first-order valence-corrected chi connectivity index (χ1v) is 8.57. The molecule has 3 aromatic rings. The summed E-state index contributed by atoms with van der Waals surface area (Å²) in [5.41, 5.74) is 2.01. The molecule has 0 saturated carbocycles. The Kier molecular flexibility index (Phi) is 5.54. The van der Waals surface area contributed by atoms with Gasteiger partial charge in [-0.2, -0.15) is 8.78 Å². The van der Waals surface area contributed by atoms with Gasteiger partial charge in [-0.3, -0.25) is 10.2 Å². The van der Waals surface area contributed by atoms with Crippen LogP contribution in [-0.2, 0) is 17.9 Å². The van der Waals surface area contributed by atoms with E-state index in [4.69, 9.17) is 5.41 Å². The predicted octanol–water partition coefficient (Wildman–Crippen LogP) is 3.57. The second-order valence-electron chi connectivity index (χ2n) is 5.97. The summed E-state index contributed by atoms with van der Waals surface area (Å²) in [6, 6.07) is 13.5. The normalized spacial score (nSPS) is 11.1. The van der Waals surface area contributed by atoms with Crippen LogP contribution in [-0.4, -0.2) is 21.7 Å². The number of benzene rings is 2. The van der Waals surface area contributed by atoms with Crippen LogP contribution in [0.2, 0.25) is 0 Å². The van der Waals surface area contributed by atoms with E-state index in [9.17, 15) is 13.6 Å². The van der Waals surface area contributed by atoms with Crippen LogP contribution >= 0.6 is 0 Å². The summed E-state index contributed by atoms with van der Waals surface area (Å²) in [6.45, 7) is -0.409. The maximum Gasteiger partial charge on any atom is 0.387 e. The van der Waals surface area contributed by atoms with E-state index in [1.807, 2.05) is 35.8 Å². The number of hydrogen-bond donors (Lipinski definition) is 2. The molecule has 1 amide bonds. The molecule has 2 N–H and O–H groups in total. The van der Waals surface area contributed by atoms with E-state index in [1.165, 1.54) is 12.1 Å². The Morgan fingerprint density at radius 1 is 1.11 bits per heavy atom. The Labute approximate surface area is 154 Å². The van der Waals surface area contributed by atoms with Gasteiger partial charge in [-0.15, -0.1) is 0 Å². The minimum atomic E-state index is -2.98. The van der Waals surface area contributed by atoms with Crippen molar-refractivity contribution in [2.45, 2.75) is 33.0 Å². The van der Waals surface area contributed by atoms with Crippen molar-refractivity contribution in [1.29, 1.82) is 5.41 Å². The maximum atomic E-state index is 12.5. The average Bonchev–Trinajstić information content (AvgIpc) is 2.89. The number of fused-ring (bicyclic) bond motifs is 1. The van der Waals surface area contributed by atoms with E-state index in [1.54, 1.807) is 16.7 Å². The average molecular weight is 374 g/mol. The number of para-hydroxylation sites is 4. The molecule has 1 aromatic heterocycles. The van der Waals surface area contributed by atoms with Crippen molar-refractivity contribution in [3.63, 3.8) is 0 Å². The van der Waals surface area contributed by atoms with Crippen molar-refractivity contribution in [2.24, 2.45) is 0 Å². The molecule has 3 rings (SSSR count). The van der Waals surface area contributed by atoms with Crippen molar-refractivity contribution in [2.75, 3.05) is 5.32 Å². The number of nitrogens with one attached hydrogen (secondary N) is 2. The van der Waals surface area contributed by atoms with Gasteiger partial charge in [-0.25, -0.2) is 0 Å². The molecule has 0 radical (unpaired) electrons. The molecule has 0 spiro atoms. The molecule has 0 aliphatic rings. The minimum absolute atomic E-state index is 0.106. The first-order valence-electron chi connectivity index (χ1n) is 8.57. The molecule has 6 nitrogen and oxygen atoms in total. The third-order valence-corrected chi connectivity index (χ3v) is 4.10. The molecule has 27 heavy (non-hydrogen) atoms. The summed E-state index contributed by atoms with van der Waals surface area (Å²) < 4.78 is 32.9. The summed E-state index contributed by atoms with van der Waals surface area (Å²) in [5, 5.41) is 11.0. The van der Waals surface area contributed by atoms with Crippen LogP contribution in [0, 0.1) is 5.41 Å². The molecule has 0 aliphatic carbocycles. The molecular formula is C19H20F2N4O2. The first-order chi connectivity index (χ1) is 13.0. The van der Waals surface area contributed by atoms with Gasteiger partial charge in [0.05, 0.1) is 16.7 Å². The third-order valence-electron chi connectivity index (χ3n) is 4.10. The summed E-state index contributed by atoms with van der Waals surface area (Å²) >= 11 is 0. The molecule has 0 unspecified atom stereocenters. The van der Waals surface area contributed by atoms with Gasteiger partial charge in [0.1, 0.15) is 12.3 Å². The highest BCUT2D eigenvalue weighted by Gasteiger charge is 2.15. The number of amides is 1. The van der Waals surface area contributed by atoms with Crippen LogP contribution in [0.4, 0.5) is 14.5 Å². The first kappa shape index (κ1) is 18.6. The highest BCUT2D eigenvalue weighted by Crippen LogP contribution is 2.25. The van der Waals surface area contributed by atoms with Gasteiger partial charge in [-0.1, -0.05) is 31.2 Å². The number of aryl methyl sites for hydroxylation is 1. The number of anilines is 1. The zero-order valence-corrected chi connectivity index (χ0v) is 14.8. The van der Waals surface area contributed by atoms with E-state index < -0.39 is 12.5 Å². The molecule has 0 fully saturated rings. The van der Waals surface area contributed by atoms with Gasteiger partial charge in [0.25, 0.3) is 0 Å². The van der Waals surface area contributed by atoms with Gasteiger partial charge in [0.15, 0.2) is 0 Å². The fourth-order valence-electron chi connectivity index (χ4n) is 3.01. The van der Waals surface area contributed by atoms with Crippen LogP contribution in [0.3, 0.4) is 0 Å². The molecule has 0 bridgehead atoms. The number of aromatic nitrogens is 2. The van der Waals surface area contributed by atoms with Gasteiger partial charge in [0.2, 0.25) is 11.5 Å². The Balaban J connectivity index is 1.88. The Bertz CT molecular complexity index is 1010. The number of ether oxygens (including phenoxy) is 1. The minimum Gasteiger partial charge on any atom is -0.433 e. The van der Waals surface area contributed by atoms with Crippen LogP contribution < -0.4 is 15.7 Å². The van der Waals surface area contributed by atoms with Gasteiger partial charge in [0, 0.05) is 6.54 Å². The van der Waals surface area contributed by atoms with Crippen LogP contribution in [0.5, 0.6) is 5.75 Å². The lowest BCUT2D eigenvalue weighted by Gasteiger charge is -2.12. The molecule has 0 saturated heterocycles. The quantitative estimate of drug-likeness (QED) is 0.664. The van der Waals surface area contributed by atoms with Crippen LogP contribution in [0.15, 0.2) is 48.5 Å². The van der Waals surface area contributed by atoms with Gasteiger partial charge in [-0.05, 0) is 30.7 Å². The zero-order chi connectivity index (χ0) is 19.4. The van der Waals surface area contributed by atoms with E-state index in [-0.39, 0.29) is 23.6 Å². The zero-order valence-electron chi connectivity index (χ0n) is 14.8. The predicted molar refractivity (Wildman–Crippen MR) is 97.8 cm³/mol. The summed E-state index contributed by atoms with van der Waals surface area (Å²) in [7, 11) is 0. The lowest BCUT2D eigenvalue weighted by molar-refractivity contribution is -0.116. The summed E-state index contributed by atoms with van der Waals surface area (Å²) in [6.07, 6.45) is 0.856. The number of imidazole rings is 1. The number of alkyl halides is 2. The lowest BCUT2D eigenvalue weighted by atomic mass is 10.3. The van der Waals surface area contributed by atoms with Crippen LogP contribution in [0.1, 0.15) is 13.3 Å². The van der Waals surface area contributed by atoms with Crippen molar-refractivity contribution < 1.29 is 18.3 Å². The van der Waals surface area contributed by atoms with Crippen molar-refractivity contribution in [3.05, 3.63) is 54.1 Å². The Hall–Kier alpha value is -3.16. The van der Waals surface area contributed by atoms with Crippen molar-refractivity contribution >= 4 is 22.6 Å². The van der Waals surface area contributed by atoms with Crippen molar-refractivity contribution in [1.82, 2.24) is 9.13 Å². The maximum absolute atomic E-state index is 12.5. The topological polar surface area (TPSA) is 72.0 Å². The molecule has 142 valence electrons. The van der Waals surface area contributed by atoms with Crippen molar-refractivity contribution in [3.8, 4) is 5.75 Å². The number of carbonyl (C=O) groups excluding carboxylic acids is 1. The number of halogens is 2. The van der Waals surface area contributed by atoms with E-state index in [2.05, 4.69) is 10.1 Å². The number of hydrogen-bond acceptors (Lipinski definition) is 3. The van der Waals surface area contributed by atoms with Crippen LogP contribution in [0.25, 0.3) is 11.0 Å². The molecule has 0 atom stereocenters. The largest absolute Gasteiger partial charge is 0.433 e. The molecule has 1 heterocycles. The summed E-state index contributed by atoms with van der Waals surface area (Å²) in [5.74, 6) is -0.538. The smallest absolute Gasteiger partial charge is 0.387 e. The van der Waals surface area contributed by atoms with Gasteiger partial charge >= 0.3 is 6.61 Å². The van der Waals surface area contributed by atoms with E-state index in [0.29, 0.717) is 6.54 Å². The fourth-order valence-corrected chi connectivity index (χ4v) is 3.01. The summed E-state index contributed by atoms with van der Waals surface area (Å²) in [4.78, 5) is 12.5. The highest BCUT2D eigenvalue weighted by atomic mass is 19.3. The monoisotopic (exact) mass is 374 g/mol. The second-order valence-corrected chi connectivity index (χ2v) is 5.97. The highest BCUT2D eigenvalue weighted by molar-refractivity contribution is 5.93. The molecule has 8 heteroatoms. The standard InChI is InChI=1S/C19H20F2N4O2/c1-2-11-24-14-8-4-5-9-15(14)25(19(24)22)12-17(26)23-13-7-3-6-10-16(13)27-18(20)21/h3-10,18,22H,2,11-12H2,1H3,(H,23,26). The lowest BCUT2D eigenvalue weighted by Crippen LogP contribution is -2.29. The Morgan fingerprint density at radius 2 is 1.74 bits per heavy atom. The SMILES string of the molecule is CCCn1c(=N)n(CC(=O)Nc2ccccc2OC(F)F)c2ccccc21. The molecule has 0 aliphatic heterocycles. The number of rotatable bonds is 7. The molecular weight excluding hydrogens is 354 g/mol. The van der Waals surface area contributed by atoms with E-state index in [0.717, 1.165) is 17.5 Å². The third kappa shape index (κ3) is 3.99. The molecule has 2 aromatic carbocycles. The number of carbonyl (C=O) groups is 1. The fraction of sp³-hybridized carbons (Fsp3) is 0.263.